The van der Waals surface area contributed by atoms with E-state index in [0.717, 1.165) is 31.1 Å². The van der Waals surface area contributed by atoms with Crippen LogP contribution in [0.4, 0.5) is 0 Å². The summed E-state index contributed by atoms with van der Waals surface area (Å²) in [4.78, 5) is 18.6. The number of nitrogens with one attached hydrogen (secondary N) is 1. The van der Waals surface area contributed by atoms with Crippen LogP contribution in [0.2, 0.25) is 0 Å². The number of ether oxygens (including phenoxy) is 2. The van der Waals surface area contributed by atoms with Gasteiger partial charge in [-0.2, -0.15) is 0 Å². The number of hydrogen-bond donors (Lipinski definition) is 2. The monoisotopic (exact) mass is 452 g/mol. The number of aromatic nitrogens is 5. The molecule has 0 bridgehead atoms. The zero-order chi connectivity index (χ0) is 22.4. The molecule has 4 heterocycles. The Balaban J connectivity index is 1.47. The quantitative estimate of drug-likeness (QED) is 0.619. The van der Waals surface area contributed by atoms with Gasteiger partial charge in [-0.05, 0) is 48.2 Å². The van der Waals surface area contributed by atoms with Crippen molar-refractivity contribution >= 4 is 10.9 Å². The predicted molar refractivity (Wildman–Crippen MR) is 119 cm³/mol. The number of fused-ring (bicyclic) bond motifs is 2. The van der Waals surface area contributed by atoms with Gasteiger partial charge in [-0.3, -0.25) is 9.69 Å². The number of H-pyrrole nitrogens is 1. The second kappa shape index (κ2) is 8.42. The Morgan fingerprint density at radius 3 is 2.58 bits per heavy atom. The smallest absolute Gasteiger partial charge is 0.253 e. The topological polar surface area (TPSA) is 118 Å². The highest BCUT2D eigenvalue weighted by atomic mass is 16.7. The van der Waals surface area contributed by atoms with Crippen molar-refractivity contribution in [3.63, 3.8) is 0 Å². The fourth-order valence-corrected chi connectivity index (χ4v) is 5.43. The molecule has 2 aliphatic heterocycles. The summed E-state index contributed by atoms with van der Waals surface area (Å²) in [5.41, 5.74) is 1.13. The molecule has 1 atom stereocenters. The van der Waals surface area contributed by atoms with Crippen LogP contribution in [0.25, 0.3) is 10.9 Å². The van der Waals surface area contributed by atoms with Gasteiger partial charge in [-0.15, -0.1) is 5.10 Å². The lowest BCUT2D eigenvalue weighted by molar-refractivity contribution is 0.0651. The molecule has 3 aromatic rings. The molecule has 1 aliphatic carbocycles. The number of pyridine rings is 1. The normalized spacial score (nSPS) is 21.0. The van der Waals surface area contributed by atoms with Gasteiger partial charge in [0.15, 0.2) is 17.3 Å². The van der Waals surface area contributed by atoms with E-state index < -0.39 is 6.04 Å². The van der Waals surface area contributed by atoms with Crippen LogP contribution in [0.5, 0.6) is 11.5 Å². The minimum atomic E-state index is -0.395. The number of aliphatic hydroxyl groups excluding tert-OH is 1. The molecular formula is C23H28N6O4. The standard InChI is InChI=1S/C23H28N6O4/c30-16-6-8-28(9-7-16)21(22-25-26-27-29(22)15-4-2-1-3-5-15)17-10-14-11-19-20(33-13-32-19)12-18(14)24-23(17)31/h10-12,15-16,21,30H,1-9,13H2,(H,24,31)/t21-/m1/s1. The summed E-state index contributed by atoms with van der Waals surface area (Å²) in [6, 6.07) is 5.48. The molecule has 174 valence electrons. The number of aliphatic hydroxyl groups is 1. The predicted octanol–water partition coefficient (Wildman–Crippen LogP) is 2.29. The molecule has 2 aromatic heterocycles. The summed E-state index contributed by atoms with van der Waals surface area (Å²) in [7, 11) is 0. The minimum absolute atomic E-state index is 0.171. The lowest BCUT2D eigenvalue weighted by atomic mass is 9.94. The Bertz CT molecular complexity index is 1210. The van der Waals surface area contributed by atoms with Crippen LogP contribution in [0.1, 0.15) is 68.4 Å². The van der Waals surface area contributed by atoms with Crippen molar-refractivity contribution in [2.45, 2.75) is 63.1 Å². The highest BCUT2D eigenvalue weighted by Gasteiger charge is 2.34. The van der Waals surface area contributed by atoms with Crippen molar-refractivity contribution < 1.29 is 14.6 Å². The average Bonchev–Trinajstić information content (AvgIpc) is 3.49. The van der Waals surface area contributed by atoms with E-state index in [1.807, 2.05) is 16.8 Å². The minimum Gasteiger partial charge on any atom is -0.454 e. The third-order valence-corrected chi connectivity index (χ3v) is 7.21. The van der Waals surface area contributed by atoms with Crippen molar-refractivity contribution in [2.75, 3.05) is 19.9 Å². The lowest BCUT2D eigenvalue weighted by Gasteiger charge is -2.36. The molecule has 0 spiro atoms. The molecule has 1 aromatic carbocycles. The van der Waals surface area contributed by atoms with E-state index in [1.54, 1.807) is 6.07 Å². The first-order valence-corrected chi connectivity index (χ1v) is 11.8. The van der Waals surface area contributed by atoms with Crippen LogP contribution in [-0.4, -0.2) is 61.2 Å². The fourth-order valence-electron chi connectivity index (χ4n) is 5.43. The van der Waals surface area contributed by atoms with Gasteiger partial charge < -0.3 is 19.6 Å². The molecule has 6 rings (SSSR count). The van der Waals surface area contributed by atoms with Crippen molar-refractivity contribution in [2.24, 2.45) is 0 Å². The van der Waals surface area contributed by atoms with Crippen molar-refractivity contribution in [1.29, 1.82) is 0 Å². The average molecular weight is 453 g/mol. The highest BCUT2D eigenvalue weighted by Crippen LogP contribution is 2.37. The van der Waals surface area contributed by atoms with Crippen molar-refractivity contribution in [3.8, 4) is 11.5 Å². The number of likely N-dealkylation sites (tertiary alicyclic amines) is 1. The van der Waals surface area contributed by atoms with E-state index in [0.29, 0.717) is 54.3 Å². The summed E-state index contributed by atoms with van der Waals surface area (Å²) in [5.74, 6) is 2.00. The van der Waals surface area contributed by atoms with Crippen LogP contribution < -0.4 is 15.0 Å². The molecule has 10 heteroatoms. The molecule has 2 N–H and O–H groups in total. The second-order valence-electron chi connectivity index (χ2n) is 9.29. The maximum Gasteiger partial charge on any atom is 0.253 e. The SMILES string of the molecule is O=c1[nH]c2cc3c(cc2cc1[C@H](c1nnnn1C1CCCCC1)N1CCC(O)CC1)OCO3. The number of aromatic amines is 1. The Hall–Kier alpha value is -2.98. The van der Waals surface area contributed by atoms with E-state index >= 15 is 0 Å². The molecule has 2 fully saturated rings. The fraction of sp³-hybridized carbons (Fsp3) is 0.565. The first kappa shape index (κ1) is 20.6. The first-order valence-electron chi connectivity index (χ1n) is 11.8. The lowest BCUT2D eigenvalue weighted by Crippen LogP contribution is -2.42. The van der Waals surface area contributed by atoms with Crippen molar-refractivity contribution in [3.05, 3.63) is 39.9 Å². The Labute approximate surface area is 190 Å². The first-order chi connectivity index (χ1) is 16.2. The molecule has 0 radical (unpaired) electrons. The van der Waals surface area contributed by atoms with E-state index in [-0.39, 0.29) is 24.5 Å². The number of tetrazole rings is 1. The molecular weight excluding hydrogens is 424 g/mol. The number of hydrogen-bond acceptors (Lipinski definition) is 8. The number of piperidine rings is 1. The third-order valence-electron chi connectivity index (χ3n) is 7.21. The molecule has 1 saturated heterocycles. The molecule has 3 aliphatic rings. The van der Waals surface area contributed by atoms with Gasteiger partial charge in [0, 0.05) is 30.1 Å². The zero-order valence-electron chi connectivity index (χ0n) is 18.4. The summed E-state index contributed by atoms with van der Waals surface area (Å²) >= 11 is 0. The highest BCUT2D eigenvalue weighted by molar-refractivity contribution is 5.83. The van der Waals surface area contributed by atoms with Gasteiger partial charge in [0.05, 0.1) is 17.7 Å². The van der Waals surface area contributed by atoms with Gasteiger partial charge >= 0.3 is 0 Å². The van der Waals surface area contributed by atoms with E-state index in [9.17, 15) is 9.90 Å². The van der Waals surface area contributed by atoms with E-state index in [1.165, 1.54) is 6.42 Å². The maximum absolute atomic E-state index is 13.4. The molecule has 10 nitrogen and oxygen atoms in total. The molecule has 1 saturated carbocycles. The number of benzene rings is 1. The van der Waals surface area contributed by atoms with Crippen molar-refractivity contribution in [1.82, 2.24) is 30.1 Å². The van der Waals surface area contributed by atoms with Gasteiger partial charge in [-0.1, -0.05) is 19.3 Å². The Kier molecular flexibility index (Phi) is 5.26. The zero-order valence-corrected chi connectivity index (χ0v) is 18.4. The molecule has 33 heavy (non-hydrogen) atoms. The van der Waals surface area contributed by atoms with E-state index in [4.69, 9.17) is 9.47 Å². The second-order valence-corrected chi connectivity index (χ2v) is 9.29. The van der Waals surface area contributed by atoms with Gasteiger partial charge in [0.1, 0.15) is 6.04 Å². The van der Waals surface area contributed by atoms with E-state index in [2.05, 4.69) is 25.4 Å². The van der Waals surface area contributed by atoms with Gasteiger partial charge in [0.2, 0.25) is 6.79 Å². The van der Waals surface area contributed by atoms with Crippen LogP contribution >= 0.6 is 0 Å². The van der Waals surface area contributed by atoms with Crippen LogP contribution in [0.15, 0.2) is 23.0 Å². The largest absolute Gasteiger partial charge is 0.454 e. The summed E-state index contributed by atoms with van der Waals surface area (Å²) in [6.07, 6.45) is 6.65. The Morgan fingerprint density at radius 2 is 1.79 bits per heavy atom. The maximum atomic E-state index is 13.4. The Morgan fingerprint density at radius 1 is 1.03 bits per heavy atom. The third kappa shape index (κ3) is 3.76. The van der Waals surface area contributed by atoms with Gasteiger partial charge in [-0.25, -0.2) is 4.68 Å². The number of nitrogens with zero attached hydrogens (tertiary/aromatic N) is 5. The summed E-state index contributed by atoms with van der Waals surface area (Å²) < 4.78 is 13.0. The van der Waals surface area contributed by atoms with Crippen LogP contribution in [0.3, 0.4) is 0 Å². The summed E-state index contributed by atoms with van der Waals surface area (Å²) in [6.45, 7) is 1.52. The summed E-state index contributed by atoms with van der Waals surface area (Å²) in [5, 5.41) is 23.8. The molecule has 0 unspecified atom stereocenters. The molecule has 0 amide bonds. The van der Waals surface area contributed by atoms with Crippen LogP contribution in [-0.2, 0) is 0 Å². The van der Waals surface area contributed by atoms with Gasteiger partial charge in [0.25, 0.3) is 5.56 Å². The van der Waals surface area contributed by atoms with Crippen LogP contribution in [0, 0.1) is 0 Å². The number of rotatable bonds is 4.